The van der Waals surface area contributed by atoms with E-state index in [0.29, 0.717) is 0 Å². The molecule has 0 saturated heterocycles. The zero-order valence-corrected chi connectivity index (χ0v) is 14.3. The van der Waals surface area contributed by atoms with E-state index in [1.165, 1.54) is 0 Å². The van der Waals surface area contributed by atoms with Gasteiger partial charge in [0.2, 0.25) is 0 Å². The molecule has 96 valence electrons. The largest absolute Gasteiger partial charge is 0.271 e. The SMILES string of the molecule is Cn1ncc(Br)c1C(NN)c1cc(Br)ccc1Br. The van der Waals surface area contributed by atoms with Gasteiger partial charge < -0.3 is 0 Å². The topological polar surface area (TPSA) is 55.9 Å². The van der Waals surface area contributed by atoms with Crippen molar-refractivity contribution in [1.82, 2.24) is 15.2 Å². The number of hydrogen-bond donors (Lipinski definition) is 2. The second kappa shape index (κ2) is 5.83. The Morgan fingerprint density at radius 2 is 2.00 bits per heavy atom. The van der Waals surface area contributed by atoms with E-state index in [1.54, 1.807) is 10.9 Å². The summed E-state index contributed by atoms with van der Waals surface area (Å²) in [5.41, 5.74) is 4.84. The molecule has 4 nitrogen and oxygen atoms in total. The summed E-state index contributed by atoms with van der Waals surface area (Å²) >= 11 is 10.5. The molecule has 0 aliphatic heterocycles. The minimum absolute atomic E-state index is 0.154. The second-order valence-corrected chi connectivity index (χ2v) is 6.39. The molecule has 1 aromatic carbocycles. The molecule has 18 heavy (non-hydrogen) atoms. The average Bonchev–Trinajstić information content (AvgIpc) is 2.66. The van der Waals surface area contributed by atoms with Crippen LogP contribution in [0.5, 0.6) is 0 Å². The number of aromatic nitrogens is 2. The molecule has 0 saturated carbocycles. The molecule has 3 N–H and O–H groups in total. The van der Waals surface area contributed by atoms with Gasteiger partial charge in [-0.05, 0) is 39.7 Å². The normalized spacial score (nSPS) is 12.7. The quantitative estimate of drug-likeness (QED) is 0.571. The molecule has 0 bridgehead atoms. The van der Waals surface area contributed by atoms with E-state index in [-0.39, 0.29) is 6.04 Å². The number of hydrazine groups is 1. The molecule has 7 heteroatoms. The maximum absolute atomic E-state index is 5.70. The number of halogens is 3. The second-order valence-electron chi connectivity index (χ2n) is 3.77. The Kier molecular flexibility index (Phi) is 4.60. The van der Waals surface area contributed by atoms with Crippen molar-refractivity contribution in [2.24, 2.45) is 12.9 Å². The fourth-order valence-electron chi connectivity index (χ4n) is 1.80. The van der Waals surface area contributed by atoms with Crippen LogP contribution in [0.15, 0.2) is 37.8 Å². The van der Waals surface area contributed by atoms with Crippen molar-refractivity contribution >= 4 is 47.8 Å². The van der Waals surface area contributed by atoms with E-state index in [9.17, 15) is 0 Å². The highest BCUT2D eigenvalue weighted by Crippen LogP contribution is 2.33. The summed E-state index contributed by atoms with van der Waals surface area (Å²) in [7, 11) is 1.89. The highest BCUT2D eigenvalue weighted by atomic mass is 79.9. The molecule has 0 amide bonds. The van der Waals surface area contributed by atoms with Gasteiger partial charge in [0.1, 0.15) is 0 Å². The van der Waals surface area contributed by atoms with E-state index in [0.717, 1.165) is 24.7 Å². The number of benzene rings is 1. The zero-order chi connectivity index (χ0) is 13.3. The van der Waals surface area contributed by atoms with Crippen molar-refractivity contribution in [3.05, 3.63) is 49.1 Å². The van der Waals surface area contributed by atoms with Crippen LogP contribution in [0, 0.1) is 0 Å². The van der Waals surface area contributed by atoms with Crippen molar-refractivity contribution in [1.29, 1.82) is 0 Å². The number of nitrogens with two attached hydrogens (primary N) is 1. The maximum atomic E-state index is 5.70. The number of rotatable bonds is 3. The fourth-order valence-corrected chi connectivity index (χ4v) is 3.23. The van der Waals surface area contributed by atoms with Crippen molar-refractivity contribution in [3.8, 4) is 0 Å². The highest BCUT2D eigenvalue weighted by Gasteiger charge is 2.21. The lowest BCUT2D eigenvalue weighted by Gasteiger charge is -2.19. The molecular weight excluding hydrogens is 428 g/mol. The van der Waals surface area contributed by atoms with Gasteiger partial charge in [-0.15, -0.1) is 0 Å². The summed E-state index contributed by atoms with van der Waals surface area (Å²) in [5.74, 6) is 5.70. The lowest BCUT2D eigenvalue weighted by atomic mass is 10.0. The van der Waals surface area contributed by atoms with Crippen LogP contribution >= 0.6 is 47.8 Å². The smallest absolute Gasteiger partial charge is 0.0900 e. The Balaban J connectivity index is 2.55. The Bertz CT molecular complexity index is 548. The molecule has 1 heterocycles. The van der Waals surface area contributed by atoms with Crippen LogP contribution in [0.25, 0.3) is 0 Å². The van der Waals surface area contributed by atoms with Gasteiger partial charge in [-0.2, -0.15) is 5.10 Å². The van der Waals surface area contributed by atoms with E-state index >= 15 is 0 Å². The van der Waals surface area contributed by atoms with Gasteiger partial charge in [-0.1, -0.05) is 31.9 Å². The molecule has 0 aliphatic carbocycles. The third-order valence-electron chi connectivity index (χ3n) is 2.65. The number of nitrogens with zero attached hydrogens (tertiary/aromatic N) is 2. The van der Waals surface area contributed by atoms with Gasteiger partial charge in [0.25, 0.3) is 0 Å². The Morgan fingerprint density at radius 3 is 2.56 bits per heavy atom. The predicted molar refractivity (Wildman–Crippen MR) is 81.9 cm³/mol. The molecule has 2 aromatic rings. The van der Waals surface area contributed by atoms with Crippen LogP contribution < -0.4 is 11.3 Å². The lowest BCUT2D eigenvalue weighted by Crippen LogP contribution is -2.31. The van der Waals surface area contributed by atoms with Crippen LogP contribution in [0.1, 0.15) is 17.3 Å². The number of aryl methyl sites for hydroxylation is 1. The average molecular weight is 439 g/mol. The summed E-state index contributed by atoms with van der Waals surface area (Å²) in [4.78, 5) is 0. The van der Waals surface area contributed by atoms with Crippen LogP contribution in [-0.4, -0.2) is 9.78 Å². The van der Waals surface area contributed by atoms with E-state index in [4.69, 9.17) is 5.84 Å². The summed E-state index contributed by atoms with van der Waals surface area (Å²) in [5, 5.41) is 4.21. The molecule has 0 spiro atoms. The van der Waals surface area contributed by atoms with Gasteiger partial charge >= 0.3 is 0 Å². The van der Waals surface area contributed by atoms with Crippen LogP contribution in [0.2, 0.25) is 0 Å². The molecule has 1 aromatic heterocycles. The van der Waals surface area contributed by atoms with Gasteiger partial charge in [0.05, 0.1) is 22.4 Å². The summed E-state index contributed by atoms with van der Waals surface area (Å²) in [6, 6.07) is 5.82. The lowest BCUT2D eigenvalue weighted by molar-refractivity contribution is 0.571. The first-order valence-electron chi connectivity index (χ1n) is 5.13. The van der Waals surface area contributed by atoms with Crippen molar-refractivity contribution in [2.75, 3.05) is 0 Å². The Morgan fingerprint density at radius 1 is 1.28 bits per heavy atom. The van der Waals surface area contributed by atoms with Crippen molar-refractivity contribution in [2.45, 2.75) is 6.04 Å². The van der Waals surface area contributed by atoms with Crippen LogP contribution in [0.4, 0.5) is 0 Å². The van der Waals surface area contributed by atoms with Crippen LogP contribution in [0.3, 0.4) is 0 Å². The Labute approximate surface area is 130 Å². The van der Waals surface area contributed by atoms with Gasteiger partial charge in [0, 0.05) is 16.0 Å². The monoisotopic (exact) mass is 436 g/mol. The van der Waals surface area contributed by atoms with E-state index in [1.807, 2.05) is 25.2 Å². The molecule has 0 aliphatic rings. The highest BCUT2D eigenvalue weighted by molar-refractivity contribution is 9.11. The molecular formula is C11H11Br3N4. The fraction of sp³-hybridized carbons (Fsp3) is 0.182. The van der Waals surface area contributed by atoms with Gasteiger partial charge in [-0.25, -0.2) is 5.43 Å². The van der Waals surface area contributed by atoms with Gasteiger partial charge in [0.15, 0.2) is 0 Å². The first kappa shape index (κ1) is 14.2. The summed E-state index contributed by atoms with van der Waals surface area (Å²) in [6.07, 6.45) is 1.76. The standard InChI is InChI=1S/C11H11Br3N4/c1-18-11(9(14)5-16-18)10(17-15)7-4-6(12)2-3-8(7)13/h2-5,10,17H,15H2,1H3. The first-order chi connectivity index (χ1) is 8.54. The predicted octanol–water partition coefficient (Wildman–Crippen LogP) is 3.26. The third kappa shape index (κ3) is 2.70. The molecule has 2 rings (SSSR count). The van der Waals surface area contributed by atoms with Crippen molar-refractivity contribution < 1.29 is 0 Å². The molecule has 0 fully saturated rings. The van der Waals surface area contributed by atoms with E-state index < -0.39 is 0 Å². The summed E-state index contributed by atoms with van der Waals surface area (Å²) in [6.45, 7) is 0. The molecule has 0 radical (unpaired) electrons. The molecule has 1 atom stereocenters. The molecule has 1 unspecified atom stereocenters. The van der Waals surface area contributed by atoms with Crippen LogP contribution in [-0.2, 0) is 7.05 Å². The zero-order valence-electron chi connectivity index (χ0n) is 9.49. The van der Waals surface area contributed by atoms with Gasteiger partial charge in [-0.3, -0.25) is 10.5 Å². The number of nitrogens with one attached hydrogen (secondary N) is 1. The van der Waals surface area contributed by atoms with Crippen molar-refractivity contribution in [3.63, 3.8) is 0 Å². The first-order valence-corrected chi connectivity index (χ1v) is 7.51. The minimum Gasteiger partial charge on any atom is -0.271 e. The number of hydrogen-bond acceptors (Lipinski definition) is 3. The maximum Gasteiger partial charge on any atom is 0.0900 e. The Hall–Kier alpha value is -0.210. The third-order valence-corrected chi connectivity index (χ3v) is 4.47. The summed E-state index contributed by atoms with van der Waals surface area (Å²) < 4.78 is 4.70. The van der Waals surface area contributed by atoms with E-state index in [2.05, 4.69) is 58.3 Å². The minimum atomic E-state index is -0.154.